The molecule has 0 N–H and O–H groups in total. The van der Waals surface area contributed by atoms with Crippen LogP contribution in [0.25, 0.3) is 33.0 Å². The molecule has 0 atom stereocenters. The van der Waals surface area contributed by atoms with E-state index in [-0.39, 0.29) is 5.56 Å². The van der Waals surface area contributed by atoms with Gasteiger partial charge < -0.3 is 0 Å². The standard InChI is InChI=1S/C17H8FN/c18-17-11(9-19)7-8-13-12-5-1-3-10-4-2-6-14(15(10)12)16(13)17/h1-8H. The maximum Gasteiger partial charge on any atom is 0.149 e. The van der Waals surface area contributed by atoms with Crippen LogP contribution >= 0.6 is 0 Å². The van der Waals surface area contributed by atoms with Crippen molar-refractivity contribution in [3.05, 3.63) is 59.9 Å². The monoisotopic (exact) mass is 245 g/mol. The van der Waals surface area contributed by atoms with Crippen LogP contribution in [0.3, 0.4) is 0 Å². The Labute approximate surface area is 109 Å². The highest BCUT2D eigenvalue weighted by atomic mass is 19.1. The number of hydrogen-bond acceptors (Lipinski definition) is 1. The Hall–Kier alpha value is -2.66. The second-order valence-corrected chi connectivity index (χ2v) is 4.67. The van der Waals surface area contributed by atoms with Crippen LogP contribution in [-0.4, -0.2) is 0 Å². The molecule has 0 saturated heterocycles. The van der Waals surface area contributed by atoms with Crippen molar-refractivity contribution in [2.24, 2.45) is 0 Å². The summed E-state index contributed by atoms with van der Waals surface area (Å²) < 4.78 is 14.4. The lowest BCUT2D eigenvalue weighted by molar-refractivity contribution is 0.628. The van der Waals surface area contributed by atoms with Crippen LogP contribution in [0.4, 0.5) is 4.39 Å². The van der Waals surface area contributed by atoms with E-state index in [1.165, 1.54) is 0 Å². The molecule has 0 heterocycles. The van der Waals surface area contributed by atoms with Gasteiger partial charge in [-0.05, 0) is 33.5 Å². The molecule has 3 aromatic rings. The maximum atomic E-state index is 14.4. The van der Waals surface area contributed by atoms with Gasteiger partial charge in [-0.15, -0.1) is 0 Å². The summed E-state index contributed by atoms with van der Waals surface area (Å²) in [5.41, 5.74) is 3.47. The lowest BCUT2D eigenvalue weighted by atomic mass is 10.0. The fourth-order valence-electron chi connectivity index (χ4n) is 2.92. The average molecular weight is 245 g/mol. The van der Waals surface area contributed by atoms with E-state index in [1.54, 1.807) is 6.07 Å². The first-order valence-corrected chi connectivity index (χ1v) is 6.06. The summed E-state index contributed by atoms with van der Waals surface area (Å²) in [6, 6.07) is 17.2. The molecule has 0 saturated carbocycles. The van der Waals surface area contributed by atoms with Gasteiger partial charge in [-0.25, -0.2) is 4.39 Å². The molecular weight excluding hydrogens is 237 g/mol. The van der Waals surface area contributed by atoms with E-state index in [0.717, 1.165) is 27.5 Å². The largest absolute Gasteiger partial charge is 0.205 e. The third-order valence-corrected chi connectivity index (χ3v) is 3.73. The molecule has 4 rings (SSSR count). The summed E-state index contributed by atoms with van der Waals surface area (Å²) >= 11 is 0. The van der Waals surface area contributed by atoms with Gasteiger partial charge in [0.25, 0.3) is 0 Å². The quantitative estimate of drug-likeness (QED) is 0.447. The summed E-state index contributed by atoms with van der Waals surface area (Å²) in [6.07, 6.45) is 0. The number of benzene rings is 3. The minimum atomic E-state index is -0.413. The number of fused-ring (bicyclic) bond motifs is 3. The fourth-order valence-corrected chi connectivity index (χ4v) is 2.92. The third-order valence-electron chi connectivity index (χ3n) is 3.73. The van der Waals surface area contributed by atoms with Gasteiger partial charge in [0.2, 0.25) is 0 Å². The summed E-state index contributed by atoms with van der Waals surface area (Å²) in [5.74, 6) is -0.413. The van der Waals surface area contributed by atoms with Crippen LogP contribution in [0.5, 0.6) is 0 Å². The first-order chi connectivity index (χ1) is 9.31. The predicted octanol–water partition coefficient (Wildman–Crippen LogP) is 4.50. The molecule has 1 aliphatic carbocycles. The summed E-state index contributed by atoms with van der Waals surface area (Å²) in [7, 11) is 0. The van der Waals surface area contributed by atoms with Gasteiger partial charge in [0.05, 0.1) is 5.56 Å². The molecule has 1 nitrogen and oxygen atoms in total. The summed E-state index contributed by atoms with van der Waals surface area (Å²) in [4.78, 5) is 0. The molecule has 2 heteroatoms. The highest BCUT2D eigenvalue weighted by Crippen LogP contribution is 2.48. The minimum absolute atomic E-state index is 0.101. The highest BCUT2D eigenvalue weighted by molar-refractivity contribution is 6.15. The molecular formula is C17H8FN. The molecule has 0 aromatic heterocycles. The van der Waals surface area contributed by atoms with Crippen molar-refractivity contribution < 1.29 is 4.39 Å². The summed E-state index contributed by atoms with van der Waals surface area (Å²) in [6.45, 7) is 0. The second-order valence-electron chi connectivity index (χ2n) is 4.67. The van der Waals surface area contributed by atoms with Crippen molar-refractivity contribution in [1.29, 1.82) is 5.26 Å². The molecule has 0 amide bonds. The SMILES string of the molecule is N#Cc1ccc2c(c1F)-c1cccc3cccc-2c13. The van der Waals surface area contributed by atoms with Crippen molar-refractivity contribution in [1.82, 2.24) is 0 Å². The zero-order chi connectivity index (χ0) is 13.0. The molecule has 1 aliphatic rings. The summed E-state index contributed by atoms with van der Waals surface area (Å²) in [5, 5.41) is 11.1. The van der Waals surface area contributed by atoms with E-state index in [2.05, 4.69) is 0 Å². The Balaban J connectivity index is 2.25. The first kappa shape index (κ1) is 10.3. The molecule has 0 spiro atoms. The fraction of sp³-hybridized carbons (Fsp3) is 0. The molecule has 88 valence electrons. The number of rotatable bonds is 0. The molecule has 0 fully saturated rings. The van der Waals surface area contributed by atoms with E-state index in [4.69, 9.17) is 5.26 Å². The Morgan fingerprint density at radius 1 is 0.842 bits per heavy atom. The van der Waals surface area contributed by atoms with Gasteiger partial charge in [0.1, 0.15) is 11.9 Å². The predicted molar refractivity (Wildman–Crippen MR) is 73.1 cm³/mol. The molecule has 0 bridgehead atoms. The first-order valence-electron chi connectivity index (χ1n) is 6.06. The maximum absolute atomic E-state index is 14.4. The average Bonchev–Trinajstić information content (AvgIpc) is 2.77. The Morgan fingerprint density at radius 3 is 2.32 bits per heavy atom. The van der Waals surface area contributed by atoms with Crippen LogP contribution in [-0.2, 0) is 0 Å². The molecule has 0 unspecified atom stereocenters. The highest BCUT2D eigenvalue weighted by Gasteiger charge is 2.25. The topological polar surface area (TPSA) is 23.8 Å². The molecule has 3 aromatic carbocycles. The Morgan fingerprint density at radius 2 is 1.58 bits per heavy atom. The molecule has 0 aliphatic heterocycles. The van der Waals surface area contributed by atoms with Crippen LogP contribution in [0.2, 0.25) is 0 Å². The van der Waals surface area contributed by atoms with Crippen LogP contribution in [0.1, 0.15) is 5.56 Å². The van der Waals surface area contributed by atoms with Crippen molar-refractivity contribution in [2.75, 3.05) is 0 Å². The van der Waals surface area contributed by atoms with Crippen molar-refractivity contribution >= 4 is 10.8 Å². The Bertz CT molecular complexity index is 882. The lowest BCUT2D eigenvalue weighted by Crippen LogP contribution is -1.88. The van der Waals surface area contributed by atoms with Crippen LogP contribution in [0, 0.1) is 17.1 Å². The molecule has 0 radical (unpaired) electrons. The Kier molecular flexibility index (Phi) is 1.85. The van der Waals surface area contributed by atoms with E-state index in [9.17, 15) is 4.39 Å². The van der Waals surface area contributed by atoms with Gasteiger partial charge in [0, 0.05) is 5.56 Å². The van der Waals surface area contributed by atoms with Gasteiger partial charge in [-0.1, -0.05) is 42.5 Å². The van der Waals surface area contributed by atoms with E-state index >= 15 is 0 Å². The van der Waals surface area contributed by atoms with Crippen molar-refractivity contribution in [3.8, 4) is 28.3 Å². The normalized spacial score (nSPS) is 11.4. The van der Waals surface area contributed by atoms with Crippen molar-refractivity contribution in [2.45, 2.75) is 0 Å². The number of nitriles is 1. The smallest absolute Gasteiger partial charge is 0.149 e. The van der Waals surface area contributed by atoms with Gasteiger partial charge >= 0.3 is 0 Å². The molecule has 19 heavy (non-hydrogen) atoms. The van der Waals surface area contributed by atoms with Gasteiger partial charge in [-0.2, -0.15) is 5.26 Å². The zero-order valence-electron chi connectivity index (χ0n) is 9.94. The van der Waals surface area contributed by atoms with Gasteiger partial charge in [-0.3, -0.25) is 0 Å². The number of nitrogens with zero attached hydrogens (tertiary/aromatic N) is 1. The van der Waals surface area contributed by atoms with E-state index < -0.39 is 5.82 Å². The van der Waals surface area contributed by atoms with Crippen LogP contribution < -0.4 is 0 Å². The zero-order valence-corrected chi connectivity index (χ0v) is 9.94. The van der Waals surface area contributed by atoms with Crippen LogP contribution in [0.15, 0.2) is 48.5 Å². The lowest BCUT2D eigenvalue weighted by Gasteiger charge is -2.04. The second kappa shape index (κ2) is 3.43. The third kappa shape index (κ3) is 1.17. The number of halogens is 1. The minimum Gasteiger partial charge on any atom is -0.205 e. The van der Waals surface area contributed by atoms with E-state index in [0.29, 0.717) is 5.56 Å². The van der Waals surface area contributed by atoms with Gasteiger partial charge in [0.15, 0.2) is 0 Å². The van der Waals surface area contributed by atoms with E-state index in [1.807, 2.05) is 48.5 Å². The van der Waals surface area contributed by atoms with Crippen molar-refractivity contribution in [3.63, 3.8) is 0 Å². The number of hydrogen-bond donors (Lipinski definition) is 0.